The molecular weight excluding hydrogens is 296 g/mol. The third-order valence-corrected chi connectivity index (χ3v) is 3.20. The lowest BCUT2D eigenvalue weighted by atomic mass is 10.1. The first-order valence-electron chi connectivity index (χ1n) is 7.28. The van der Waals surface area contributed by atoms with Gasteiger partial charge in [0.05, 0.1) is 0 Å². The van der Waals surface area contributed by atoms with Gasteiger partial charge in [0.15, 0.2) is 6.29 Å². The summed E-state index contributed by atoms with van der Waals surface area (Å²) in [5.74, 6) is 0.994. The Bertz CT molecular complexity index is 680. The molecule has 2 rings (SSSR count). The summed E-state index contributed by atoms with van der Waals surface area (Å²) in [7, 11) is 1.60. The van der Waals surface area contributed by atoms with Crippen molar-refractivity contribution < 1.29 is 23.7 Å². The fraction of sp³-hybridized carbons (Fsp3) is 0.278. The molecule has 23 heavy (non-hydrogen) atoms. The summed E-state index contributed by atoms with van der Waals surface area (Å²) in [6.45, 7) is 5.62. The second-order valence-electron chi connectivity index (χ2n) is 4.78. The maximum atomic E-state index is 10.9. The van der Waals surface area contributed by atoms with Gasteiger partial charge in [0.1, 0.15) is 24.7 Å². The summed E-state index contributed by atoms with van der Waals surface area (Å²) in [6, 6.07) is 11.5. The molecule has 0 aromatic heterocycles. The number of hydrogen-bond acceptors (Lipinski definition) is 5. The molecule has 5 heteroatoms. The fourth-order valence-electron chi connectivity index (χ4n) is 2.01. The molecule has 2 aromatic rings. The molecule has 1 unspecified atom stereocenters. The third kappa shape index (κ3) is 4.72. The van der Waals surface area contributed by atoms with E-state index >= 15 is 0 Å². The van der Waals surface area contributed by atoms with Crippen molar-refractivity contribution in [1.29, 1.82) is 0 Å². The van der Waals surface area contributed by atoms with Crippen LogP contribution in [0.4, 0.5) is 0 Å². The van der Waals surface area contributed by atoms with Gasteiger partial charge in [0, 0.05) is 18.6 Å². The maximum absolute atomic E-state index is 10.9. The van der Waals surface area contributed by atoms with Crippen LogP contribution in [0.2, 0.25) is 0 Å². The van der Waals surface area contributed by atoms with Crippen LogP contribution in [0.3, 0.4) is 0 Å². The molecule has 122 valence electrons. The predicted octanol–water partition coefficient (Wildman–Crippen LogP) is 3.32. The summed E-state index contributed by atoms with van der Waals surface area (Å²) >= 11 is 0. The number of hydrogen-bond donors (Lipinski definition) is 0. The zero-order chi connectivity index (χ0) is 16.7. The number of fused-ring (bicyclic) bond motifs is 1. The molecule has 5 nitrogen and oxygen atoms in total. The molecule has 0 heterocycles. The molecule has 0 radical (unpaired) electrons. The van der Waals surface area contributed by atoms with Gasteiger partial charge in [-0.15, -0.1) is 0 Å². The molecule has 0 bridgehead atoms. The average Bonchev–Trinajstić information content (AvgIpc) is 2.58. The molecule has 0 aliphatic heterocycles. The molecule has 0 spiro atoms. The van der Waals surface area contributed by atoms with Crippen LogP contribution in [0.25, 0.3) is 10.8 Å². The fourth-order valence-corrected chi connectivity index (χ4v) is 2.01. The molecule has 0 N–H and O–H groups in total. The minimum absolute atomic E-state index is 0.178. The van der Waals surface area contributed by atoms with Gasteiger partial charge in [-0.05, 0) is 36.6 Å². The van der Waals surface area contributed by atoms with Gasteiger partial charge in [-0.2, -0.15) is 0 Å². The normalized spacial score (nSPS) is 11.7. The van der Waals surface area contributed by atoms with Crippen molar-refractivity contribution in [1.82, 2.24) is 0 Å². The van der Waals surface area contributed by atoms with Crippen molar-refractivity contribution in [2.45, 2.75) is 13.2 Å². The van der Waals surface area contributed by atoms with Crippen molar-refractivity contribution >= 4 is 16.7 Å². The highest BCUT2D eigenvalue weighted by Crippen LogP contribution is 2.29. The average molecular weight is 316 g/mol. The summed E-state index contributed by atoms with van der Waals surface area (Å²) < 4.78 is 21.3. The van der Waals surface area contributed by atoms with Gasteiger partial charge in [-0.25, -0.2) is 4.79 Å². The lowest BCUT2D eigenvalue weighted by Gasteiger charge is -2.15. The minimum atomic E-state index is -0.457. The molecule has 0 saturated carbocycles. The van der Waals surface area contributed by atoms with Crippen LogP contribution in [0, 0.1) is 0 Å². The zero-order valence-corrected chi connectivity index (χ0v) is 13.3. The quantitative estimate of drug-likeness (QED) is 0.324. The first-order chi connectivity index (χ1) is 11.1. The number of benzene rings is 2. The molecule has 1 atom stereocenters. The van der Waals surface area contributed by atoms with Gasteiger partial charge in [-0.1, -0.05) is 18.7 Å². The van der Waals surface area contributed by atoms with E-state index in [1.54, 1.807) is 7.11 Å². The smallest absolute Gasteiger partial charge is 0.330 e. The van der Waals surface area contributed by atoms with Crippen LogP contribution in [-0.4, -0.2) is 32.6 Å². The zero-order valence-electron chi connectivity index (χ0n) is 13.3. The summed E-state index contributed by atoms with van der Waals surface area (Å²) in [6.07, 6.45) is 0.800. The van der Waals surface area contributed by atoms with Gasteiger partial charge < -0.3 is 18.9 Å². The summed E-state index contributed by atoms with van der Waals surface area (Å²) in [5, 5.41) is 1.97. The predicted molar refractivity (Wildman–Crippen MR) is 87.7 cm³/mol. The van der Waals surface area contributed by atoms with Crippen LogP contribution in [0.1, 0.15) is 6.92 Å². The first-order valence-corrected chi connectivity index (χ1v) is 7.28. The largest absolute Gasteiger partial charge is 0.490 e. The molecular formula is C18H20O5. The highest BCUT2D eigenvalue weighted by atomic mass is 16.7. The SMILES string of the molecule is C=CC(=O)OCCOc1ccc2c(OC(C)OC)cccc2c1. The van der Waals surface area contributed by atoms with E-state index in [0.29, 0.717) is 5.75 Å². The molecule has 0 fully saturated rings. The van der Waals surface area contributed by atoms with E-state index in [-0.39, 0.29) is 19.5 Å². The summed E-state index contributed by atoms with van der Waals surface area (Å²) in [5.41, 5.74) is 0. The van der Waals surface area contributed by atoms with E-state index in [0.717, 1.165) is 22.6 Å². The Kier molecular flexibility index (Phi) is 6.00. The highest BCUT2D eigenvalue weighted by Gasteiger charge is 2.07. The van der Waals surface area contributed by atoms with Crippen LogP contribution in [0.15, 0.2) is 49.1 Å². The van der Waals surface area contributed by atoms with Gasteiger partial charge >= 0.3 is 5.97 Å². The lowest BCUT2D eigenvalue weighted by molar-refractivity contribution is -0.138. The van der Waals surface area contributed by atoms with Gasteiger partial charge in [0.25, 0.3) is 0 Å². The van der Waals surface area contributed by atoms with Crippen LogP contribution < -0.4 is 9.47 Å². The van der Waals surface area contributed by atoms with Crippen molar-refractivity contribution in [3.63, 3.8) is 0 Å². The van der Waals surface area contributed by atoms with E-state index in [9.17, 15) is 4.79 Å². The minimum Gasteiger partial charge on any atom is -0.490 e. The Labute approximate surface area is 135 Å². The Balaban J connectivity index is 2.04. The van der Waals surface area contributed by atoms with Gasteiger partial charge in [-0.3, -0.25) is 0 Å². The van der Waals surface area contributed by atoms with Gasteiger partial charge in [0.2, 0.25) is 0 Å². The van der Waals surface area contributed by atoms with Crippen molar-refractivity contribution in [2.75, 3.05) is 20.3 Å². The third-order valence-electron chi connectivity index (χ3n) is 3.20. The highest BCUT2D eigenvalue weighted by molar-refractivity contribution is 5.89. The van der Waals surface area contributed by atoms with E-state index in [1.165, 1.54) is 0 Å². The molecule has 0 amide bonds. The number of rotatable bonds is 8. The monoisotopic (exact) mass is 316 g/mol. The molecule has 0 aliphatic carbocycles. The number of methoxy groups -OCH3 is 1. The second-order valence-corrected chi connectivity index (χ2v) is 4.78. The lowest BCUT2D eigenvalue weighted by Crippen LogP contribution is -2.13. The first kappa shape index (κ1) is 16.8. The summed E-state index contributed by atoms with van der Waals surface area (Å²) in [4.78, 5) is 10.9. The number of carbonyl (C=O) groups is 1. The van der Waals surface area contributed by atoms with E-state index in [1.807, 2.05) is 43.3 Å². The number of esters is 1. The van der Waals surface area contributed by atoms with E-state index in [4.69, 9.17) is 18.9 Å². The van der Waals surface area contributed by atoms with Crippen molar-refractivity contribution in [2.24, 2.45) is 0 Å². The number of ether oxygens (including phenoxy) is 4. The van der Waals surface area contributed by atoms with Crippen molar-refractivity contribution in [3.05, 3.63) is 49.1 Å². The Morgan fingerprint density at radius 1 is 1.26 bits per heavy atom. The molecule has 0 aliphatic rings. The van der Waals surface area contributed by atoms with E-state index in [2.05, 4.69) is 6.58 Å². The van der Waals surface area contributed by atoms with Crippen LogP contribution >= 0.6 is 0 Å². The molecule has 0 saturated heterocycles. The number of carbonyl (C=O) groups excluding carboxylic acids is 1. The Morgan fingerprint density at radius 3 is 2.83 bits per heavy atom. The van der Waals surface area contributed by atoms with Crippen LogP contribution in [0.5, 0.6) is 11.5 Å². The molecule has 2 aromatic carbocycles. The van der Waals surface area contributed by atoms with Crippen LogP contribution in [-0.2, 0) is 14.3 Å². The van der Waals surface area contributed by atoms with Crippen molar-refractivity contribution in [3.8, 4) is 11.5 Å². The Hall–Kier alpha value is -2.53. The Morgan fingerprint density at radius 2 is 2.09 bits per heavy atom. The van der Waals surface area contributed by atoms with E-state index < -0.39 is 5.97 Å². The maximum Gasteiger partial charge on any atom is 0.330 e. The second kappa shape index (κ2) is 8.19. The topological polar surface area (TPSA) is 54.0 Å². The standard InChI is InChI=1S/C18H20O5/c1-4-18(19)22-11-10-21-15-8-9-16-14(12-15)6-5-7-17(16)23-13(2)20-3/h4-9,12-13H,1,10-11H2,2-3H3.